The third-order valence-electron chi connectivity index (χ3n) is 5.97. The molecule has 2 unspecified atom stereocenters. The highest BCUT2D eigenvalue weighted by molar-refractivity contribution is 5.17. The fourth-order valence-electron chi connectivity index (χ4n) is 4.66. The fourth-order valence-corrected chi connectivity index (χ4v) is 4.66. The average molecular weight is 289 g/mol. The Morgan fingerprint density at radius 2 is 1.90 bits per heavy atom. The average Bonchev–Trinajstić information content (AvgIpc) is 3.04. The van der Waals surface area contributed by atoms with Crippen molar-refractivity contribution in [3.63, 3.8) is 0 Å². The first-order chi connectivity index (χ1) is 10.3. The monoisotopic (exact) mass is 289 g/mol. The molecule has 3 aliphatic rings. The Labute approximate surface area is 130 Å². The molecule has 3 nitrogen and oxygen atoms in total. The van der Waals surface area contributed by atoms with E-state index in [1.54, 1.807) is 0 Å². The van der Waals surface area contributed by atoms with Crippen molar-refractivity contribution in [2.45, 2.75) is 76.3 Å². The van der Waals surface area contributed by atoms with E-state index >= 15 is 0 Å². The molecule has 1 aliphatic heterocycles. The van der Waals surface area contributed by atoms with Crippen LogP contribution >= 0.6 is 0 Å². The Balaban J connectivity index is 1.67. The maximum Gasteiger partial charge on any atom is 0.122 e. The molecule has 3 heteroatoms. The second kappa shape index (κ2) is 6.67. The standard InChI is InChI=1S/C18H31N3/c1-2-11-20-18(13-19,16-9-10-16)14-21-12-5-8-17(21)15-6-3-4-7-15/h15-17,20H,2-12,14H2,1H3. The number of nitrogens with one attached hydrogen (secondary N) is 1. The van der Waals surface area contributed by atoms with Gasteiger partial charge in [0.05, 0.1) is 6.07 Å². The van der Waals surface area contributed by atoms with Gasteiger partial charge in [0.15, 0.2) is 0 Å². The Morgan fingerprint density at radius 1 is 1.14 bits per heavy atom. The van der Waals surface area contributed by atoms with Gasteiger partial charge in [-0.25, -0.2) is 0 Å². The lowest BCUT2D eigenvalue weighted by molar-refractivity contribution is 0.144. The molecule has 0 aromatic carbocycles. The summed E-state index contributed by atoms with van der Waals surface area (Å²) in [5, 5.41) is 13.5. The molecule has 0 spiro atoms. The van der Waals surface area contributed by atoms with Crippen LogP contribution in [0.25, 0.3) is 0 Å². The minimum atomic E-state index is -0.267. The number of hydrogen-bond donors (Lipinski definition) is 1. The van der Waals surface area contributed by atoms with Gasteiger partial charge in [-0.15, -0.1) is 0 Å². The van der Waals surface area contributed by atoms with Gasteiger partial charge in [-0.1, -0.05) is 19.8 Å². The van der Waals surface area contributed by atoms with Gasteiger partial charge in [0, 0.05) is 12.6 Å². The van der Waals surface area contributed by atoms with E-state index in [0.29, 0.717) is 5.92 Å². The fraction of sp³-hybridized carbons (Fsp3) is 0.944. The van der Waals surface area contributed by atoms with E-state index in [4.69, 9.17) is 0 Å². The molecule has 0 aromatic heterocycles. The van der Waals surface area contributed by atoms with Crippen molar-refractivity contribution in [1.29, 1.82) is 5.26 Å². The maximum atomic E-state index is 9.89. The number of nitriles is 1. The molecule has 1 heterocycles. The van der Waals surface area contributed by atoms with Gasteiger partial charge in [0.25, 0.3) is 0 Å². The van der Waals surface area contributed by atoms with Gasteiger partial charge in [-0.05, 0) is 69.9 Å². The molecule has 3 rings (SSSR count). The SMILES string of the molecule is CCCNC(C#N)(CN1CCCC1C1CCCC1)C1CC1. The molecule has 2 saturated carbocycles. The molecular weight excluding hydrogens is 258 g/mol. The third-order valence-corrected chi connectivity index (χ3v) is 5.97. The van der Waals surface area contributed by atoms with E-state index < -0.39 is 0 Å². The molecular formula is C18H31N3. The lowest BCUT2D eigenvalue weighted by atomic mass is 9.91. The van der Waals surface area contributed by atoms with Crippen LogP contribution in [0.4, 0.5) is 0 Å². The van der Waals surface area contributed by atoms with Gasteiger partial charge in [0.1, 0.15) is 5.54 Å². The van der Waals surface area contributed by atoms with Crippen LogP contribution in [0.15, 0.2) is 0 Å². The predicted octanol–water partition coefficient (Wildman–Crippen LogP) is 3.31. The summed E-state index contributed by atoms with van der Waals surface area (Å²) in [6.45, 7) is 5.35. The zero-order chi connectivity index (χ0) is 14.7. The number of likely N-dealkylation sites (tertiary alicyclic amines) is 1. The van der Waals surface area contributed by atoms with Crippen LogP contribution in [0.3, 0.4) is 0 Å². The van der Waals surface area contributed by atoms with E-state index in [9.17, 15) is 5.26 Å². The van der Waals surface area contributed by atoms with Crippen molar-refractivity contribution >= 4 is 0 Å². The first-order valence-electron chi connectivity index (χ1n) is 9.19. The van der Waals surface area contributed by atoms with E-state index in [-0.39, 0.29) is 5.54 Å². The molecule has 1 saturated heterocycles. The largest absolute Gasteiger partial charge is 0.298 e. The molecule has 118 valence electrons. The second-order valence-electron chi connectivity index (χ2n) is 7.51. The van der Waals surface area contributed by atoms with Crippen molar-refractivity contribution < 1.29 is 0 Å². The van der Waals surface area contributed by atoms with Crippen molar-refractivity contribution in [1.82, 2.24) is 10.2 Å². The van der Waals surface area contributed by atoms with Crippen LogP contribution in [0.5, 0.6) is 0 Å². The lowest BCUT2D eigenvalue weighted by Crippen LogP contribution is -2.56. The van der Waals surface area contributed by atoms with Gasteiger partial charge in [0.2, 0.25) is 0 Å². The van der Waals surface area contributed by atoms with Crippen LogP contribution in [0.1, 0.15) is 64.7 Å². The maximum absolute atomic E-state index is 9.89. The van der Waals surface area contributed by atoms with Crippen LogP contribution in [-0.2, 0) is 0 Å². The van der Waals surface area contributed by atoms with Gasteiger partial charge in [-0.3, -0.25) is 10.2 Å². The smallest absolute Gasteiger partial charge is 0.122 e. The molecule has 1 N–H and O–H groups in total. The van der Waals surface area contributed by atoms with Gasteiger partial charge < -0.3 is 0 Å². The Hall–Kier alpha value is -0.590. The minimum absolute atomic E-state index is 0.267. The highest BCUT2D eigenvalue weighted by atomic mass is 15.2. The summed E-state index contributed by atoms with van der Waals surface area (Å²) in [7, 11) is 0. The molecule has 0 amide bonds. The van der Waals surface area contributed by atoms with Crippen molar-refractivity contribution in [3.8, 4) is 6.07 Å². The third kappa shape index (κ3) is 3.27. The number of hydrogen-bond acceptors (Lipinski definition) is 3. The zero-order valence-corrected chi connectivity index (χ0v) is 13.6. The summed E-state index contributed by atoms with van der Waals surface area (Å²) in [5.41, 5.74) is -0.267. The van der Waals surface area contributed by atoms with Crippen LogP contribution in [0.2, 0.25) is 0 Å². The summed E-state index contributed by atoms with van der Waals surface area (Å²) < 4.78 is 0. The molecule has 3 fully saturated rings. The molecule has 21 heavy (non-hydrogen) atoms. The van der Waals surface area contributed by atoms with Gasteiger partial charge in [-0.2, -0.15) is 5.26 Å². The van der Waals surface area contributed by atoms with Crippen LogP contribution < -0.4 is 5.32 Å². The summed E-state index contributed by atoms with van der Waals surface area (Å²) in [6, 6.07) is 3.46. The normalized spacial score (nSPS) is 30.4. The van der Waals surface area contributed by atoms with Crippen molar-refractivity contribution in [2.75, 3.05) is 19.6 Å². The summed E-state index contributed by atoms with van der Waals surface area (Å²) in [4.78, 5) is 2.68. The Morgan fingerprint density at radius 3 is 2.52 bits per heavy atom. The van der Waals surface area contributed by atoms with Gasteiger partial charge >= 0.3 is 0 Å². The van der Waals surface area contributed by atoms with E-state index in [2.05, 4.69) is 23.2 Å². The molecule has 2 aliphatic carbocycles. The summed E-state index contributed by atoms with van der Waals surface area (Å²) in [5.74, 6) is 1.51. The highest BCUT2D eigenvalue weighted by Gasteiger charge is 2.48. The summed E-state index contributed by atoms with van der Waals surface area (Å²) >= 11 is 0. The zero-order valence-electron chi connectivity index (χ0n) is 13.6. The van der Waals surface area contributed by atoms with Crippen LogP contribution in [-0.4, -0.2) is 36.1 Å². The first-order valence-corrected chi connectivity index (χ1v) is 9.19. The Bertz CT molecular complexity index is 378. The summed E-state index contributed by atoms with van der Waals surface area (Å²) in [6.07, 6.45) is 12.0. The van der Waals surface area contributed by atoms with E-state index in [1.807, 2.05) is 0 Å². The first kappa shape index (κ1) is 15.3. The molecule has 0 aromatic rings. The van der Waals surface area contributed by atoms with E-state index in [0.717, 1.165) is 31.5 Å². The number of nitrogens with zero attached hydrogens (tertiary/aromatic N) is 2. The molecule has 0 radical (unpaired) electrons. The van der Waals surface area contributed by atoms with E-state index in [1.165, 1.54) is 57.9 Å². The topological polar surface area (TPSA) is 39.1 Å². The van der Waals surface area contributed by atoms with Crippen molar-refractivity contribution in [3.05, 3.63) is 0 Å². The molecule has 0 bridgehead atoms. The predicted molar refractivity (Wildman–Crippen MR) is 85.9 cm³/mol. The van der Waals surface area contributed by atoms with Crippen molar-refractivity contribution in [2.24, 2.45) is 11.8 Å². The Kier molecular flexibility index (Phi) is 4.86. The quantitative estimate of drug-likeness (QED) is 0.781. The second-order valence-corrected chi connectivity index (χ2v) is 7.51. The number of rotatable bonds is 7. The minimum Gasteiger partial charge on any atom is -0.298 e. The lowest BCUT2D eigenvalue weighted by Gasteiger charge is -2.37. The highest BCUT2D eigenvalue weighted by Crippen LogP contribution is 2.42. The molecule has 2 atom stereocenters. The van der Waals surface area contributed by atoms with Crippen LogP contribution in [0, 0.1) is 23.2 Å².